The summed E-state index contributed by atoms with van der Waals surface area (Å²) >= 11 is 0. The van der Waals surface area contributed by atoms with Crippen LogP contribution in [-0.2, 0) is 9.59 Å². The first-order chi connectivity index (χ1) is 8.18. The van der Waals surface area contributed by atoms with Gasteiger partial charge in [-0.25, -0.2) is 0 Å². The minimum Gasteiger partial charge on any atom is -0.370 e. The fourth-order valence-corrected chi connectivity index (χ4v) is 1.29. The fourth-order valence-electron chi connectivity index (χ4n) is 1.29. The number of anilines is 1. The van der Waals surface area contributed by atoms with Crippen LogP contribution >= 0.6 is 0 Å². The Labute approximate surface area is 101 Å². The van der Waals surface area contributed by atoms with E-state index < -0.39 is 0 Å². The molecule has 90 valence electrons. The van der Waals surface area contributed by atoms with Crippen molar-refractivity contribution in [2.24, 2.45) is 5.73 Å². The number of rotatable bonds is 6. The van der Waals surface area contributed by atoms with Crippen LogP contribution in [0.5, 0.6) is 0 Å². The summed E-state index contributed by atoms with van der Waals surface area (Å²) in [6.45, 7) is 0. The number of carbonyl (C=O) groups is 2. The molecule has 1 rings (SSSR count). The van der Waals surface area contributed by atoms with Crippen molar-refractivity contribution in [3.63, 3.8) is 0 Å². The Kier molecular flexibility index (Phi) is 5.51. The number of hydrogen-bond donors (Lipinski definition) is 2. The first kappa shape index (κ1) is 13.0. The molecule has 4 heteroatoms. The van der Waals surface area contributed by atoms with Gasteiger partial charge in [0.25, 0.3) is 0 Å². The van der Waals surface area contributed by atoms with E-state index in [4.69, 9.17) is 5.73 Å². The third kappa shape index (κ3) is 6.14. The maximum absolute atomic E-state index is 11.4. The minimum absolute atomic E-state index is 0.171. The number of amides is 2. The number of nitrogens with two attached hydrogens (primary N) is 1. The molecule has 4 nitrogen and oxygen atoms in total. The SMILES string of the molecule is NC(=O)CCCC=CC(=O)Nc1ccccc1. The van der Waals surface area contributed by atoms with Crippen LogP contribution in [0.3, 0.4) is 0 Å². The molecule has 0 atom stereocenters. The van der Waals surface area contributed by atoms with Gasteiger partial charge >= 0.3 is 0 Å². The molecule has 0 aliphatic rings. The number of para-hydroxylation sites is 1. The lowest BCUT2D eigenvalue weighted by Crippen LogP contribution is -2.09. The van der Waals surface area contributed by atoms with Crippen LogP contribution in [0, 0.1) is 0 Å². The van der Waals surface area contributed by atoms with Crippen molar-refractivity contribution >= 4 is 17.5 Å². The lowest BCUT2D eigenvalue weighted by molar-refractivity contribution is -0.118. The van der Waals surface area contributed by atoms with Crippen molar-refractivity contribution in [1.29, 1.82) is 0 Å². The van der Waals surface area contributed by atoms with Gasteiger partial charge in [0.1, 0.15) is 0 Å². The number of carbonyl (C=O) groups excluding carboxylic acids is 2. The molecule has 0 fully saturated rings. The summed E-state index contributed by atoms with van der Waals surface area (Å²) in [6, 6.07) is 9.23. The highest BCUT2D eigenvalue weighted by Gasteiger charge is 1.96. The molecule has 0 unspecified atom stereocenters. The van der Waals surface area contributed by atoms with E-state index in [1.165, 1.54) is 6.08 Å². The maximum Gasteiger partial charge on any atom is 0.248 e. The van der Waals surface area contributed by atoms with Gasteiger partial charge in [0.2, 0.25) is 11.8 Å². The number of primary amides is 1. The van der Waals surface area contributed by atoms with Crippen LogP contribution < -0.4 is 11.1 Å². The molecule has 0 aromatic heterocycles. The van der Waals surface area contributed by atoms with Crippen LogP contribution in [0.15, 0.2) is 42.5 Å². The molecule has 17 heavy (non-hydrogen) atoms. The summed E-state index contributed by atoms with van der Waals surface area (Å²) in [5, 5.41) is 2.72. The Balaban J connectivity index is 2.25. The van der Waals surface area contributed by atoms with E-state index >= 15 is 0 Å². The van der Waals surface area contributed by atoms with Gasteiger partial charge in [-0.3, -0.25) is 9.59 Å². The van der Waals surface area contributed by atoms with E-state index in [2.05, 4.69) is 5.32 Å². The van der Waals surface area contributed by atoms with Crippen LogP contribution in [0.2, 0.25) is 0 Å². The number of nitrogens with one attached hydrogen (secondary N) is 1. The topological polar surface area (TPSA) is 72.2 Å². The Morgan fingerprint density at radius 3 is 2.59 bits per heavy atom. The summed E-state index contributed by atoms with van der Waals surface area (Å²) in [6.07, 6.45) is 4.90. The Hall–Kier alpha value is -2.10. The molecule has 0 aliphatic carbocycles. The second kappa shape index (κ2) is 7.22. The average Bonchev–Trinajstić information content (AvgIpc) is 2.29. The molecule has 0 aliphatic heterocycles. The maximum atomic E-state index is 11.4. The lowest BCUT2D eigenvalue weighted by Gasteiger charge is -2.00. The number of allylic oxidation sites excluding steroid dienone is 1. The van der Waals surface area contributed by atoms with Gasteiger partial charge in [0, 0.05) is 12.1 Å². The molecule has 1 aromatic carbocycles. The summed E-state index contributed by atoms with van der Waals surface area (Å²) < 4.78 is 0. The summed E-state index contributed by atoms with van der Waals surface area (Å²) in [7, 11) is 0. The lowest BCUT2D eigenvalue weighted by atomic mass is 10.2. The predicted molar refractivity (Wildman–Crippen MR) is 67.3 cm³/mol. The van der Waals surface area contributed by atoms with Crippen LogP contribution in [-0.4, -0.2) is 11.8 Å². The Bertz CT molecular complexity index is 399. The van der Waals surface area contributed by atoms with Gasteiger partial charge in [-0.1, -0.05) is 24.3 Å². The molecule has 0 saturated carbocycles. The fraction of sp³-hybridized carbons (Fsp3) is 0.231. The zero-order valence-corrected chi connectivity index (χ0v) is 9.56. The minimum atomic E-state index is -0.313. The first-order valence-corrected chi connectivity index (χ1v) is 5.49. The monoisotopic (exact) mass is 232 g/mol. The quantitative estimate of drug-likeness (QED) is 0.580. The number of unbranched alkanes of at least 4 members (excludes halogenated alkanes) is 1. The van der Waals surface area contributed by atoms with Crippen LogP contribution in [0.25, 0.3) is 0 Å². The second-order valence-electron chi connectivity index (χ2n) is 3.62. The van der Waals surface area contributed by atoms with Crippen LogP contribution in [0.4, 0.5) is 5.69 Å². The van der Waals surface area contributed by atoms with Crippen molar-refractivity contribution in [3.8, 4) is 0 Å². The third-order valence-corrected chi connectivity index (χ3v) is 2.10. The van der Waals surface area contributed by atoms with E-state index in [0.29, 0.717) is 19.3 Å². The Morgan fingerprint density at radius 1 is 1.24 bits per heavy atom. The van der Waals surface area contributed by atoms with Gasteiger partial charge in [-0.05, 0) is 31.1 Å². The van der Waals surface area contributed by atoms with Crippen molar-refractivity contribution < 1.29 is 9.59 Å². The molecule has 0 radical (unpaired) electrons. The van der Waals surface area contributed by atoms with Crippen molar-refractivity contribution in [2.75, 3.05) is 5.32 Å². The van der Waals surface area contributed by atoms with E-state index in [1.54, 1.807) is 6.08 Å². The van der Waals surface area contributed by atoms with E-state index in [0.717, 1.165) is 5.69 Å². The zero-order valence-electron chi connectivity index (χ0n) is 9.56. The molecule has 0 saturated heterocycles. The van der Waals surface area contributed by atoms with E-state index in [1.807, 2.05) is 30.3 Å². The number of hydrogen-bond acceptors (Lipinski definition) is 2. The molecule has 0 spiro atoms. The molecule has 1 aromatic rings. The molecular formula is C13H16N2O2. The van der Waals surface area contributed by atoms with Gasteiger partial charge < -0.3 is 11.1 Å². The van der Waals surface area contributed by atoms with Crippen LogP contribution in [0.1, 0.15) is 19.3 Å². The number of benzene rings is 1. The van der Waals surface area contributed by atoms with Gasteiger partial charge in [-0.15, -0.1) is 0 Å². The summed E-state index contributed by atoms with van der Waals surface area (Å²) in [5.74, 6) is -0.484. The zero-order chi connectivity index (χ0) is 12.5. The standard InChI is InChI=1S/C13H16N2O2/c14-12(16)9-5-2-6-10-13(17)15-11-7-3-1-4-8-11/h1,3-4,6-8,10H,2,5,9H2,(H2,14,16)(H,15,17). The van der Waals surface area contributed by atoms with Crippen molar-refractivity contribution in [2.45, 2.75) is 19.3 Å². The predicted octanol–water partition coefficient (Wildman–Crippen LogP) is 1.84. The molecule has 3 N–H and O–H groups in total. The second-order valence-corrected chi connectivity index (χ2v) is 3.62. The highest BCUT2D eigenvalue weighted by molar-refractivity contribution is 5.99. The normalized spacial score (nSPS) is 10.4. The highest BCUT2D eigenvalue weighted by Crippen LogP contribution is 2.04. The van der Waals surface area contributed by atoms with Gasteiger partial charge in [0.15, 0.2) is 0 Å². The highest BCUT2D eigenvalue weighted by atomic mass is 16.1. The van der Waals surface area contributed by atoms with Gasteiger partial charge in [-0.2, -0.15) is 0 Å². The van der Waals surface area contributed by atoms with Crippen molar-refractivity contribution in [1.82, 2.24) is 0 Å². The van der Waals surface area contributed by atoms with E-state index in [-0.39, 0.29) is 11.8 Å². The van der Waals surface area contributed by atoms with Gasteiger partial charge in [0.05, 0.1) is 0 Å². The molecule has 0 bridgehead atoms. The summed E-state index contributed by atoms with van der Waals surface area (Å²) in [5.41, 5.74) is 5.76. The molecular weight excluding hydrogens is 216 g/mol. The average molecular weight is 232 g/mol. The molecule has 2 amide bonds. The van der Waals surface area contributed by atoms with Crippen molar-refractivity contribution in [3.05, 3.63) is 42.5 Å². The largest absolute Gasteiger partial charge is 0.370 e. The molecule has 0 heterocycles. The Morgan fingerprint density at radius 2 is 1.94 bits per heavy atom. The smallest absolute Gasteiger partial charge is 0.248 e. The first-order valence-electron chi connectivity index (χ1n) is 5.49. The van der Waals surface area contributed by atoms with E-state index in [9.17, 15) is 9.59 Å². The summed E-state index contributed by atoms with van der Waals surface area (Å²) in [4.78, 5) is 21.9. The third-order valence-electron chi connectivity index (χ3n) is 2.10.